The molecule has 1 amide bonds. The summed E-state index contributed by atoms with van der Waals surface area (Å²) in [5.74, 6) is 0.978. The summed E-state index contributed by atoms with van der Waals surface area (Å²) < 4.78 is 0. The van der Waals surface area contributed by atoms with E-state index in [1.165, 1.54) is 76.9 Å². The second-order valence-electron chi connectivity index (χ2n) is 8.80. The molecule has 0 bridgehead atoms. The summed E-state index contributed by atoms with van der Waals surface area (Å²) in [6.45, 7) is 7.62. The molecule has 27 heavy (non-hydrogen) atoms. The lowest BCUT2D eigenvalue weighted by Gasteiger charge is -2.38. The van der Waals surface area contributed by atoms with E-state index >= 15 is 0 Å². The Morgan fingerprint density at radius 2 is 1.85 bits per heavy atom. The third kappa shape index (κ3) is 4.66. The van der Waals surface area contributed by atoms with Crippen LogP contribution in [-0.4, -0.2) is 49.6 Å². The maximum atomic E-state index is 11.2. The Kier molecular flexibility index (Phi) is 6.01. The molecule has 0 atom stereocenters. The largest absolute Gasteiger partial charge is 0.369 e. The average molecular weight is 370 g/mol. The number of hydrogen-bond donors (Lipinski definition) is 1. The van der Waals surface area contributed by atoms with Crippen molar-refractivity contribution in [3.8, 4) is 0 Å². The van der Waals surface area contributed by atoms with E-state index < -0.39 is 0 Å². The van der Waals surface area contributed by atoms with Gasteiger partial charge in [-0.3, -0.25) is 9.69 Å². The van der Waals surface area contributed by atoms with Gasteiger partial charge in [0.25, 0.3) is 0 Å². The second kappa shape index (κ2) is 8.64. The van der Waals surface area contributed by atoms with Gasteiger partial charge < -0.3 is 10.2 Å². The van der Waals surface area contributed by atoms with E-state index in [1.807, 2.05) is 0 Å². The lowest BCUT2D eigenvalue weighted by Crippen LogP contribution is -2.47. The molecule has 1 aromatic rings. The van der Waals surface area contributed by atoms with Crippen molar-refractivity contribution in [1.82, 2.24) is 10.2 Å². The van der Waals surface area contributed by atoms with Crippen molar-refractivity contribution in [2.75, 3.05) is 37.6 Å². The van der Waals surface area contributed by atoms with Crippen LogP contribution in [0.2, 0.25) is 0 Å². The molecule has 0 radical (unpaired) electrons. The first kappa shape index (κ1) is 18.8. The van der Waals surface area contributed by atoms with Crippen LogP contribution < -0.4 is 10.2 Å². The Labute approximate surface area is 164 Å². The Bertz CT molecular complexity index is 643. The van der Waals surface area contributed by atoms with Crippen LogP contribution in [0.1, 0.15) is 56.6 Å². The van der Waals surface area contributed by atoms with Crippen molar-refractivity contribution >= 4 is 11.6 Å². The predicted molar refractivity (Wildman–Crippen MR) is 111 cm³/mol. The van der Waals surface area contributed by atoms with Gasteiger partial charge in [-0.05, 0) is 81.0 Å². The summed E-state index contributed by atoms with van der Waals surface area (Å²) in [4.78, 5) is 16.5. The fraction of sp³-hybridized carbons (Fsp3) is 0.696. The summed E-state index contributed by atoms with van der Waals surface area (Å²) in [5.41, 5.74) is 4.73. The molecule has 1 aromatic carbocycles. The van der Waals surface area contributed by atoms with E-state index in [2.05, 4.69) is 33.3 Å². The normalized spacial score (nSPS) is 26.0. The van der Waals surface area contributed by atoms with Crippen molar-refractivity contribution in [1.29, 1.82) is 0 Å². The number of benzene rings is 1. The third-order valence-electron chi connectivity index (χ3n) is 6.94. The van der Waals surface area contributed by atoms with Gasteiger partial charge in [0.15, 0.2) is 0 Å². The van der Waals surface area contributed by atoms with E-state index in [4.69, 9.17) is 0 Å². The van der Waals surface area contributed by atoms with Crippen LogP contribution in [0.4, 0.5) is 5.69 Å². The first-order chi connectivity index (χ1) is 13.2. The Morgan fingerprint density at radius 3 is 2.59 bits per heavy atom. The highest BCUT2D eigenvalue weighted by molar-refractivity contribution is 5.73. The highest BCUT2D eigenvalue weighted by Gasteiger charge is 2.25. The Balaban J connectivity index is 1.20. The first-order valence-electron chi connectivity index (χ1n) is 11.0. The van der Waals surface area contributed by atoms with E-state index in [-0.39, 0.29) is 5.91 Å². The highest BCUT2D eigenvalue weighted by atomic mass is 16.1. The number of nitrogens with zero attached hydrogens (tertiary/aromatic N) is 2. The number of amides is 1. The van der Waals surface area contributed by atoms with Crippen LogP contribution >= 0.6 is 0 Å². The van der Waals surface area contributed by atoms with Gasteiger partial charge in [-0.1, -0.05) is 12.1 Å². The maximum Gasteiger partial charge on any atom is 0.217 e. The second-order valence-corrected chi connectivity index (χ2v) is 8.80. The number of fused-ring (bicyclic) bond motifs is 1. The van der Waals surface area contributed by atoms with Crippen LogP contribution in [0.3, 0.4) is 0 Å². The van der Waals surface area contributed by atoms with Crippen molar-refractivity contribution in [2.45, 2.75) is 64.3 Å². The molecule has 2 fully saturated rings. The number of piperazine rings is 1. The molecule has 2 aliphatic carbocycles. The molecule has 1 saturated heterocycles. The molecule has 1 heterocycles. The molecular formula is C23H35N3O. The minimum Gasteiger partial charge on any atom is -0.369 e. The van der Waals surface area contributed by atoms with Gasteiger partial charge in [-0.2, -0.15) is 0 Å². The molecule has 0 spiro atoms. The molecule has 1 aliphatic heterocycles. The van der Waals surface area contributed by atoms with Gasteiger partial charge in [0.1, 0.15) is 0 Å². The van der Waals surface area contributed by atoms with Crippen LogP contribution in [0.25, 0.3) is 0 Å². The standard InChI is InChI=1S/C23H35N3O/c1-18(27)24-21-10-8-19(9-11-21)12-13-25-14-16-26(17-15-25)23-7-3-5-20-4-2-6-22(20)23/h3,5,7,19,21H,2,4,6,8-17H2,1H3,(H,24,27)/t19-,21-. The van der Waals surface area contributed by atoms with Gasteiger partial charge >= 0.3 is 0 Å². The van der Waals surface area contributed by atoms with E-state index in [0.29, 0.717) is 6.04 Å². The predicted octanol–water partition coefficient (Wildman–Crippen LogP) is 3.38. The summed E-state index contributed by atoms with van der Waals surface area (Å²) in [6, 6.07) is 7.34. The van der Waals surface area contributed by atoms with Crippen LogP contribution in [0.15, 0.2) is 18.2 Å². The lowest BCUT2D eigenvalue weighted by molar-refractivity contribution is -0.119. The smallest absolute Gasteiger partial charge is 0.217 e. The van der Waals surface area contributed by atoms with Gasteiger partial charge in [0.2, 0.25) is 5.91 Å². The highest BCUT2D eigenvalue weighted by Crippen LogP contribution is 2.32. The van der Waals surface area contributed by atoms with E-state index in [0.717, 1.165) is 18.8 Å². The Morgan fingerprint density at radius 1 is 1.07 bits per heavy atom. The lowest BCUT2D eigenvalue weighted by atomic mass is 9.84. The summed E-state index contributed by atoms with van der Waals surface area (Å²) in [7, 11) is 0. The molecular weight excluding hydrogens is 334 g/mol. The molecule has 4 rings (SSSR count). The quantitative estimate of drug-likeness (QED) is 0.864. The van der Waals surface area contributed by atoms with Gasteiger partial charge in [0, 0.05) is 44.8 Å². The zero-order chi connectivity index (χ0) is 18.6. The minimum absolute atomic E-state index is 0.125. The monoisotopic (exact) mass is 369 g/mol. The molecule has 1 N–H and O–H groups in total. The fourth-order valence-corrected chi connectivity index (χ4v) is 5.36. The number of carbonyl (C=O) groups excluding carboxylic acids is 1. The number of aryl methyl sites for hydroxylation is 1. The van der Waals surface area contributed by atoms with E-state index in [9.17, 15) is 4.79 Å². The first-order valence-corrected chi connectivity index (χ1v) is 11.0. The maximum absolute atomic E-state index is 11.2. The molecule has 0 aromatic heterocycles. The van der Waals surface area contributed by atoms with Crippen molar-refractivity contribution in [3.63, 3.8) is 0 Å². The van der Waals surface area contributed by atoms with Crippen LogP contribution in [-0.2, 0) is 17.6 Å². The number of hydrogen-bond acceptors (Lipinski definition) is 3. The molecule has 3 aliphatic rings. The zero-order valence-corrected chi connectivity index (χ0v) is 16.9. The number of carbonyl (C=O) groups is 1. The summed E-state index contributed by atoms with van der Waals surface area (Å²) >= 11 is 0. The van der Waals surface area contributed by atoms with Gasteiger partial charge in [0.05, 0.1) is 0 Å². The minimum atomic E-state index is 0.125. The fourth-order valence-electron chi connectivity index (χ4n) is 5.36. The van der Waals surface area contributed by atoms with Crippen LogP contribution in [0, 0.1) is 5.92 Å². The van der Waals surface area contributed by atoms with Gasteiger partial charge in [-0.15, -0.1) is 0 Å². The van der Waals surface area contributed by atoms with Crippen LogP contribution in [0.5, 0.6) is 0 Å². The van der Waals surface area contributed by atoms with Gasteiger partial charge in [-0.25, -0.2) is 0 Å². The molecule has 4 heteroatoms. The van der Waals surface area contributed by atoms with Crippen molar-refractivity contribution in [2.24, 2.45) is 5.92 Å². The Hall–Kier alpha value is -1.55. The number of nitrogens with one attached hydrogen (secondary N) is 1. The summed E-state index contributed by atoms with van der Waals surface area (Å²) in [5, 5.41) is 3.09. The zero-order valence-electron chi connectivity index (χ0n) is 16.9. The summed E-state index contributed by atoms with van der Waals surface area (Å²) in [6.07, 6.45) is 10.1. The topological polar surface area (TPSA) is 35.6 Å². The van der Waals surface area contributed by atoms with Crippen molar-refractivity contribution in [3.05, 3.63) is 29.3 Å². The SMILES string of the molecule is CC(=O)N[C@H]1CC[C@H](CCN2CCN(c3cccc4c3CCC4)CC2)CC1. The van der Waals surface area contributed by atoms with E-state index in [1.54, 1.807) is 18.1 Å². The average Bonchev–Trinajstić information content (AvgIpc) is 3.16. The number of rotatable bonds is 5. The third-order valence-corrected chi connectivity index (χ3v) is 6.94. The molecule has 148 valence electrons. The molecule has 1 saturated carbocycles. The molecule has 0 unspecified atom stereocenters. The molecule has 4 nitrogen and oxygen atoms in total. The van der Waals surface area contributed by atoms with Crippen molar-refractivity contribution < 1.29 is 4.79 Å². The number of anilines is 1.